The molecule has 1 aliphatic rings. The number of benzene rings is 1. The van der Waals surface area contributed by atoms with Gasteiger partial charge in [0.15, 0.2) is 0 Å². The fourth-order valence-electron chi connectivity index (χ4n) is 2.30. The molecule has 4 heteroatoms. The van der Waals surface area contributed by atoms with Gasteiger partial charge >= 0.3 is 0 Å². The molecule has 0 aliphatic heterocycles. The van der Waals surface area contributed by atoms with Crippen LogP contribution in [0.1, 0.15) is 24.8 Å². The Morgan fingerprint density at radius 2 is 2.00 bits per heavy atom. The maximum Gasteiger partial charge on any atom is 0.230 e. The number of carbonyl (C=O) groups is 1. The first kappa shape index (κ1) is 12.0. The summed E-state index contributed by atoms with van der Waals surface area (Å²) in [7, 11) is 0. The van der Waals surface area contributed by atoms with Gasteiger partial charge in [0.25, 0.3) is 0 Å². The lowest BCUT2D eigenvalue weighted by molar-refractivity contribution is -0.129. The van der Waals surface area contributed by atoms with Crippen LogP contribution in [0.15, 0.2) is 24.3 Å². The Hall–Kier alpha value is -1.42. The molecule has 17 heavy (non-hydrogen) atoms. The third-order valence-corrected chi connectivity index (χ3v) is 3.47. The number of nitrogens with two attached hydrogens (primary N) is 1. The van der Waals surface area contributed by atoms with Gasteiger partial charge in [0.2, 0.25) is 5.91 Å². The van der Waals surface area contributed by atoms with Gasteiger partial charge in [-0.15, -0.1) is 0 Å². The van der Waals surface area contributed by atoms with Crippen LogP contribution in [0.25, 0.3) is 0 Å². The smallest absolute Gasteiger partial charge is 0.230 e. The van der Waals surface area contributed by atoms with Crippen LogP contribution in [0, 0.1) is 5.82 Å². The average Bonchev–Trinajstić information content (AvgIpc) is 2.27. The van der Waals surface area contributed by atoms with E-state index in [0.29, 0.717) is 13.1 Å². The minimum absolute atomic E-state index is 0.0146. The second-order valence-electron chi connectivity index (χ2n) is 4.49. The van der Waals surface area contributed by atoms with Crippen molar-refractivity contribution in [3.63, 3.8) is 0 Å². The summed E-state index contributed by atoms with van der Waals surface area (Å²) in [5.41, 5.74) is 5.82. The second kappa shape index (κ2) is 4.84. The zero-order valence-electron chi connectivity index (χ0n) is 9.71. The van der Waals surface area contributed by atoms with Crippen LogP contribution in [0.4, 0.5) is 4.39 Å². The van der Waals surface area contributed by atoms with Gasteiger partial charge in [-0.05, 0) is 30.5 Å². The highest BCUT2D eigenvalue weighted by Crippen LogP contribution is 2.43. The Bertz CT molecular complexity index is 398. The third kappa shape index (κ3) is 2.17. The van der Waals surface area contributed by atoms with Crippen molar-refractivity contribution in [1.29, 1.82) is 0 Å². The maximum atomic E-state index is 12.9. The molecule has 3 nitrogen and oxygen atoms in total. The summed E-state index contributed by atoms with van der Waals surface area (Å²) in [5.74, 6) is -0.258. The van der Waals surface area contributed by atoms with Crippen molar-refractivity contribution in [2.45, 2.75) is 24.7 Å². The lowest BCUT2D eigenvalue weighted by Gasteiger charge is -2.40. The Morgan fingerprint density at radius 3 is 2.47 bits per heavy atom. The number of nitrogens with one attached hydrogen (secondary N) is 1. The third-order valence-electron chi connectivity index (χ3n) is 3.47. The van der Waals surface area contributed by atoms with Crippen molar-refractivity contribution in [1.82, 2.24) is 5.32 Å². The van der Waals surface area contributed by atoms with Crippen LogP contribution in [-0.2, 0) is 10.2 Å². The number of rotatable bonds is 4. The molecular weight excluding hydrogens is 219 g/mol. The molecule has 92 valence electrons. The molecule has 1 saturated carbocycles. The molecule has 0 radical (unpaired) electrons. The molecule has 0 aromatic heterocycles. The van der Waals surface area contributed by atoms with Gasteiger partial charge in [-0.25, -0.2) is 4.39 Å². The number of hydrogen-bond acceptors (Lipinski definition) is 2. The van der Waals surface area contributed by atoms with Crippen LogP contribution in [-0.4, -0.2) is 19.0 Å². The topological polar surface area (TPSA) is 55.1 Å². The van der Waals surface area contributed by atoms with Crippen molar-refractivity contribution in [2.24, 2.45) is 5.73 Å². The molecule has 0 saturated heterocycles. The molecule has 1 amide bonds. The Morgan fingerprint density at radius 1 is 1.35 bits per heavy atom. The minimum atomic E-state index is -0.455. The molecular formula is C13H17FN2O. The zero-order valence-corrected chi connectivity index (χ0v) is 9.71. The van der Waals surface area contributed by atoms with Crippen molar-refractivity contribution >= 4 is 5.91 Å². The molecule has 0 unspecified atom stereocenters. The number of hydrogen-bond donors (Lipinski definition) is 2. The predicted molar refractivity (Wildman–Crippen MR) is 64.0 cm³/mol. The normalized spacial score (nSPS) is 17.3. The SMILES string of the molecule is NCCNC(=O)C1(c2ccc(F)cc2)CCC1. The highest BCUT2D eigenvalue weighted by atomic mass is 19.1. The standard InChI is InChI=1S/C13H17FN2O/c14-11-4-2-10(3-5-11)13(6-1-7-13)12(17)16-9-8-15/h2-5H,1,6-9,15H2,(H,16,17). The Labute approximate surface area is 100 Å². The van der Waals surface area contributed by atoms with E-state index in [1.165, 1.54) is 12.1 Å². The lowest BCUT2D eigenvalue weighted by atomic mass is 9.64. The predicted octanol–water partition coefficient (Wildman–Crippen LogP) is 1.32. The van der Waals surface area contributed by atoms with E-state index in [9.17, 15) is 9.18 Å². The summed E-state index contributed by atoms with van der Waals surface area (Å²) in [5, 5.41) is 2.83. The summed E-state index contributed by atoms with van der Waals surface area (Å²) in [6, 6.07) is 6.23. The molecule has 2 rings (SSSR count). The molecule has 0 heterocycles. The van der Waals surface area contributed by atoms with Gasteiger partial charge in [-0.2, -0.15) is 0 Å². The van der Waals surface area contributed by atoms with Gasteiger partial charge in [0.1, 0.15) is 5.82 Å². The van der Waals surface area contributed by atoms with Gasteiger partial charge < -0.3 is 11.1 Å². The number of halogens is 1. The summed E-state index contributed by atoms with van der Waals surface area (Å²) < 4.78 is 12.9. The quantitative estimate of drug-likeness (QED) is 0.828. The summed E-state index contributed by atoms with van der Waals surface area (Å²) in [6.45, 7) is 0.924. The van der Waals surface area contributed by atoms with Crippen molar-refractivity contribution < 1.29 is 9.18 Å². The molecule has 1 aliphatic carbocycles. The first-order chi connectivity index (χ1) is 8.19. The Balaban J connectivity index is 2.19. The summed E-state index contributed by atoms with van der Waals surface area (Å²) in [6.07, 6.45) is 2.69. The van der Waals surface area contributed by atoms with E-state index in [4.69, 9.17) is 5.73 Å². The number of carbonyl (C=O) groups excluding carboxylic acids is 1. The van der Waals surface area contributed by atoms with E-state index >= 15 is 0 Å². The van der Waals surface area contributed by atoms with E-state index < -0.39 is 5.41 Å². The largest absolute Gasteiger partial charge is 0.354 e. The van der Waals surface area contributed by atoms with E-state index in [1.54, 1.807) is 12.1 Å². The summed E-state index contributed by atoms with van der Waals surface area (Å²) in [4.78, 5) is 12.1. The van der Waals surface area contributed by atoms with Crippen molar-refractivity contribution in [2.75, 3.05) is 13.1 Å². The monoisotopic (exact) mass is 236 g/mol. The highest BCUT2D eigenvalue weighted by molar-refractivity contribution is 5.89. The van der Waals surface area contributed by atoms with Crippen LogP contribution in [0.3, 0.4) is 0 Å². The van der Waals surface area contributed by atoms with Crippen molar-refractivity contribution in [3.8, 4) is 0 Å². The van der Waals surface area contributed by atoms with Gasteiger partial charge in [0.05, 0.1) is 5.41 Å². The van der Waals surface area contributed by atoms with E-state index in [-0.39, 0.29) is 11.7 Å². The fraction of sp³-hybridized carbons (Fsp3) is 0.462. The van der Waals surface area contributed by atoms with Gasteiger partial charge in [-0.1, -0.05) is 18.6 Å². The molecule has 1 aromatic carbocycles. The van der Waals surface area contributed by atoms with Crippen LogP contribution >= 0.6 is 0 Å². The second-order valence-corrected chi connectivity index (χ2v) is 4.49. The van der Waals surface area contributed by atoms with E-state index in [2.05, 4.69) is 5.32 Å². The van der Waals surface area contributed by atoms with Crippen LogP contribution in [0.5, 0.6) is 0 Å². The zero-order chi connectivity index (χ0) is 12.3. The Kier molecular flexibility index (Phi) is 3.43. The average molecular weight is 236 g/mol. The fourth-order valence-corrected chi connectivity index (χ4v) is 2.30. The summed E-state index contributed by atoms with van der Waals surface area (Å²) >= 11 is 0. The van der Waals surface area contributed by atoms with Gasteiger partial charge in [-0.3, -0.25) is 4.79 Å². The van der Waals surface area contributed by atoms with Gasteiger partial charge in [0, 0.05) is 13.1 Å². The molecule has 1 aromatic rings. The molecule has 1 fully saturated rings. The molecule has 3 N–H and O–H groups in total. The van der Waals surface area contributed by atoms with E-state index in [0.717, 1.165) is 24.8 Å². The molecule has 0 atom stereocenters. The molecule has 0 spiro atoms. The van der Waals surface area contributed by atoms with Crippen molar-refractivity contribution in [3.05, 3.63) is 35.6 Å². The van der Waals surface area contributed by atoms with Crippen LogP contribution < -0.4 is 11.1 Å². The van der Waals surface area contributed by atoms with E-state index in [1.807, 2.05) is 0 Å². The lowest BCUT2D eigenvalue weighted by Crippen LogP contribution is -2.50. The van der Waals surface area contributed by atoms with Crippen LogP contribution in [0.2, 0.25) is 0 Å². The highest BCUT2D eigenvalue weighted by Gasteiger charge is 2.45. The first-order valence-corrected chi connectivity index (χ1v) is 5.93. The first-order valence-electron chi connectivity index (χ1n) is 5.93. The molecule has 0 bridgehead atoms. The maximum absolute atomic E-state index is 12.9. The minimum Gasteiger partial charge on any atom is -0.354 e. The number of amides is 1.